The van der Waals surface area contributed by atoms with Crippen LogP contribution in [-0.2, 0) is 16.3 Å². The van der Waals surface area contributed by atoms with Crippen LogP contribution in [0.25, 0.3) is 0 Å². The lowest BCUT2D eigenvalue weighted by molar-refractivity contribution is 0.472. The number of nitrogens with one attached hydrogen (secondary N) is 1. The minimum absolute atomic E-state index is 0.233. The highest BCUT2D eigenvalue weighted by molar-refractivity contribution is 7.91. The number of sulfone groups is 1. The van der Waals surface area contributed by atoms with Gasteiger partial charge in [0.1, 0.15) is 9.84 Å². The van der Waals surface area contributed by atoms with Gasteiger partial charge in [-0.2, -0.15) is 0 Å². The molecule has 0 fully saturated rings. The van der Waals surface area contributed by atoms with E-state index in [-0.39, 0.29) is 11.5 Å². The number of halogens is 1. The third kappa shape index (κ3) is 7.84. The van der Waals surface area contributed by atoms with Crippen LogP contribution in [0.4, 0.5) is 0 Å². The fraction of sp³-hybridized carbons (Fsp3) is 0.625. The van der Waals surface area contributed by atoms with Gasteiger partial charge in [-0.25, -0.2) is 8.42 Å². The predicted molar refractivity (Wildman–Crippen MR) is 90.8 cm³/mol. The van der Waals surface area contributed by atoms with E-state index in [2.05, 4.69) is 12.2 Å². The Morgan fingerprint density at radius 1 is 1.19 bits per heavy atom. The molecule has 0 aliphatic carbocycles. The average molecular weight is 332 g/mol. The van der Waals surface area contributed by atoms with Crippen LogP contribution in [0, 0.1) is 0 Å². The third-order valence-corrected chi connectivity index (χ3v) is 5.57. The molecule has 0 bridgehead atoms. The van der Waals surface area contributed by atoms with Crippen LogP contribution in [0.3, 0.4) is 0 Å². The molecule has 1 unspecified atom stereocenters. The van der Waals surface area contributed by atoms with E-state index in [4.69, 9.17) is 11.6 Å². The molecule has 1 N–H and O–H groups in total. The summed E-state index contributed by atoms with van der Waals surface area (Å²) in [6, 6.07) is 8.18. The molecule has 5 heteroatoms. The molecule has 1 aromatic carbocycles. The average Bonchev–Trinajstić information content (AvgIpc) is 2.46. The molecule has 21 heavy (non-hydrogen) atoms. The molecule has 1 atom stereocenters. The number of benzene rings is 1. The monoisotopic (exact) mass is 331 g/mol. The maximum absolute atomic E-state index is 11.6. The fourth-order valence-electron chi connectivity index (χ4n) is 2.22. The highest BCUT2D eigenvalue weighted by atomic mass is 35.5. The van der Waals surface area contributed by atoms with E-state index in [1.54, 1.807) is 6.92 Å². The van der Waals surface area contributed by atoms with Crippen molar-refractivity contribution >= 4 is 21.4 Å². The van der Waals surface area contributed by atoms with Crippen LogP contribution < -0.4 is 5.32 Å². The van der Waals surface area contributed by atoms with Gasteiger partial charge in [0.15, 0.2) is 0 Å². The zero-order valence-corrected chi connectivity index (χ0v) is 14.5. The van der Waals surface area contributed by atoms with E-state index in [0.29, 0.717) is 12.5 Å². The van der Waals surface area contributed by atoms with Gasteiger partial charge >= 0.3 is 0 Å². The van der Waals surface area contributed by atoms with Gasteiger partial charge < -0.3 is 5.32 Å². The van der Waals surface area contributed by atoms with Crippen molar-refractivity contribution in [3.8, 4) is 0 Å². The maximum Gasteiger partial charge on any atom is 0.150 e. The summed E-state index contributed by atoms with van der Waals surface area (Å²) in [7, 11) is -2.86. The highest BCUT2D eigenvalue weighted by Gasteiger charge is 2.12. The summed E-state index contributed by atoms with van der Waals surface area (Å²) < 4.78 is 23.1. The van der Waals surface area contributed by atoms with Crippen LogP contribution in [0.2, 0.25) is 5.02 Å². The molecular formula is C16H26ClNO2S. The Bertz CT molecular complexity index is 500. The Morgan fingerprint density at radius 2 is 1.86 bits per heavy atom. The van der Waals surface area contributed by atoms with Crippen molar-refractivity contribution in [2.75, 3.05) is 18.1 Å². The molecule has 0 aromatic heterocycles. The first kappa shape index (κ1) is 18.5. The molecule has 0 aliphatic heterocycles. The summed E-state index contributed by atoms with van der Waals surface area (Å²) in [5.41, 5.74) is 1.23. The topological polar surface area (TPSA) is 46.2 Å². The lowest BCUT2D eigenvalue weighted by Gasteiger charge is -2.18. The molecule has 1 rings (SSSR count). The van der Waals surface area contributed by atoms with E-state index in [1.165, 1.54) is 5.56 Å². The number of hydrogen-bond donors (Lipinski definition) is 1. The largest absolute Gasteiger partial charge is 0.314 e. The molecule has 120 valence electrons. The fourth-order valence-corrected chi connectivity index (χ4v) is 3.24. The molecule has 1 aromatic rings. The molecule has 0 amide bonds. The smallest absolute Gasteiger partial charge is 0.150 e. The van der Waals surface area contributed by atoms with Crippen LogP contribution in [0.5, 0.6) is 0 Å². The first-order valence-electron chi connectivity index (χ1n) is 7.65. The van der Waals surface area contributed by atoms with Gasteiger partial charge in [0.05, 0.1) is 5.75 Å². The highest BCUT2D eigenvalue weighted by Crippen LogP contribution is 2.13. The van der Waals surface area contributed by atoms with E-state index in [0.717, 1.165) is 30.8 Å². The zero-order chi connectivity index (χ0) is 15.7. The Labute approximate surface area is 134 Å². The quantitative estimate of drug-likeness (QED) is 0.714. The first-order valence-corrected chi connectivity index (χ1v) is 9.85. The van der Waals surface area contributed by atoms with Crippen molar-refractivity contribution in [1.82, 2.24) is 5.32 Å². The van der Waals surface area contributed by atoms with Gasteiger partial charge in [-0.05, 0) is 49.9 Å². The standard InChI is InChI=1S/C16H26ClNO2S/c1-3-11-18-16(6-5-12-21(19,20)4-2)13-14-7-9-15(17)10-8-14/h7-10,16,18H,3-6,11-13H2,1-2H3. The Hall–Kier alpha value is -0.580. The van der Waals surface area contributed by atoms with E-state index in [9.17, 15) is 8.42 Å². The Kier molecular flexibility index (Phi) is 8.30. The van der Waals surface area contributed by atoms with Gasteiger partial charge in [0, 0.05) is 16.8 Å². The van der Waals surface area contributed by atoms with Crippen molar-refractivity contribution in [1.29, 1.82) is 0 Å². The zero-order valence-electron chi connectivity index (χ0n) is 12.9. The van der Waals surface area contributed by atoms with Gasteiger partial charge in [0.25, 0.3) is 0 Å². The van der Waals surface area contributed by atoms with Crippen molar-refractivity contribution in [2.24, 2.45) is 0 Å². The molecule has 0 saturated heterocycles. The van der Waals surface area contributed by atoms with Crippen molar-refractivity contribution in [2.45, 2.75) is 45.6 Å². The van der Waals surface area contributed by atoms with Gasteiger partial charge in [-0.3, -0.25) is 0 Å². The van der Waals surface area contributed by atoms with Gasteiger partial charge in [0.2, 0.25) is 0 Å². The molecule has 0 spiro atoms. The summed E-state index contributed by atoms with van der Waals surface area (Å²) >= 11 is 5.90. The first-order chi connectivity index (χ1) is 9.96. The molecular weight excluding hydrogens is 306 g/mol. The molecule has 0 heterocycles. The van der Waals surface area contributed by atoms with Crippen molar-refractivity contribution in [3.63, 3.8) is 0 Å². The number of hydrogen-bond acceptors (Lipinski definition) is 3. The second kappa shape index (κ2) is 9.44. The minimum Gasteiger partial charge on any atom is -0.314 e. The maximum atomic E-state index is 11.6. The molecule has 0 radical (unpaired) electrons. The molecule has 0 saturated carbocycles. The van der Waals surface area contributed by atoms with E-state index < -0.39 is 9.84 Å². The second-order valence-corrected chi connectivity index (χ2v) is 8.27. The lowest BCUT2D eigenvalue weighted by atomic mass is 10.0. The van der Waals surface area contributed by atoms with Crippen LogP contribution in [-0.4, -0.2) is 32.5 Å². The Morgan fingerprint density at radius 3 is 2.43 bits per heavy atom. The summed E-state index contributed by atoms with van der Waals surface area (Å²) in [6.45, 7) is 4.79. The van der Waals surface area contributed by atoms with Crippen LogP contribution in [0.1, 0.15) is 38.7 Å². The van der Waals surface area contributed by atoms with Gasteiger partial charge in [-0.1, -0.05) is 37.6 Å². The summed E-state index contributed by atoms with van der Waals surface area (Å²) in [4.78, 5) is 0. The number of rotatable bonds is 10. The third-order valence-electron chi connectivity index (χ3n) is 3.53. The minimum atomic E-state index is -2.86. The van der Waals surface area contributed by atoms with Crippen molar-refractivity contribution < 1.29 is 8.42 Å². The van der Waals surface area contributed by atoms with E-state index >= 15 is 0 Å². The van der Waals surface area contributed by atoms with Crippen LogP contribution in [0.15, 0.2) is 24.3 Å². The summed E-state index contributed by atoms with van der Waals surface area (Å²) in [6.07, 6.45) is 3.57. The van der Waals surface area contributed by atoms with Crippen molar-refractivity contribution in [3.05, 3.63) is 34.9 Å². The normalized spacial score (nSPS) is 13.3. The van der Waals surface area contributed by atoms with E-state index in [1.807, 2.05) is 24.3 Å². The molecule has 3 nitrogen and oxygen atoms in total. The predicted octanol–water partition coefficient (Wildman–Crippen LogP) is 3.47. The lowest BCUT2D eigenvalue weighted by Crippen LogP contribution is -2.32. The van der Waals surface area contributed by atoms with Gasteiger partial charge in [-0.15, -0.1) is 0 Å². The summed E-state index contributed by atoms with van der Waals surface area (Å²) in [5, 5.41) is 4.25. The molecule has 0 aliphatic rings. The SMILES string of the molecule is CCCNC(CCCS(=O)(=O)CC)Cc1ccc(Cl)cc1. The van der Waals surface area contributed by atoms with Crippen LogP contribution >= 0.6 is 11.6 Å². The Balaban J connectivity index is 2.52. The second-order valence-electron chi connectivity index (χ2n) is 5.36. The summed E-state index contributed by atoms with van der Waals surface area (Å²) in [5.74, 6) is 0.520.